The Labute approximate surface area is 166 Å². The van der Waals surface area contributed by atoms with Gasteiger partial charge >= 0.3 is 0 Å². The first-order chi connectivity index (χ1) is 14.0. The van der Waals surface area contributed by atoms with Crippen LogP contribution in [0.5, 0.6) is 5.75 Å². The van der Waals surface area contributed by atoms with Crippen LogP contribution in [0.25, 0.3) is 0 Å². The van der Waals surface area contributed by atoms with Gasteiger partial charge in [-0.1, -0.05) is 24.3 Å². The average molecular weight is 394 g/mol. The molecule has 7 nitrogen and oxygen atoms in total. The van der Waals surface area contributed by atoms with Crippen molar-refractivity contribution in [1.82, 2.24) is 14.9 Å². The Hall–Kier alpha value is -3.68. The number of imidazole rings is 1. The van der Waals surface area contributed by atoms with E-state index in [0.717, 1.165) is 5.56 Å². The number of anilines is 1. The zero-order valence-corrected chi connectivity index (χ0v) is 15.7. The number of halogens is 1. The Kier molecular flexibility index (Phi) is 4.99. The normalized spacial score (nSPS) is 16.0. The van der Waals surface area contributed by atoms with Crippen LogP contribution in [-0.4, -0.2) is 41.1 Å². The summed E-state index contributed by atoms with van der Waals surface area (Å²) in [4.78, 5) is 30.9. The highest BCUT2D eigenvalue weighted by Gasteiger charge is 2.30. The molecule has 3 aromatic rings. The van der Waals surface area contributed by atoms with Crippen LogP contribution < -0.4 is 15.0 Å². The molecule has 1 aliphatic rings. The highest BCUT2D eigenvalue weighted by Crippen LogP contribution is 2.29. The number of carbonyl (C=O) groups excluding carboxylic acids is 2. The number of hydrogen-bond acceptors (Lipinski definition) is 4. The Morgan fingerprint density at radius 1 is 1.28 bits per heavy atom. The Balaban J connectivity index is 1.44. The van der Waals surface area contributed by atoms with Gasteiger partial charge in [0.15, 0.2) is 0 Å². The molecule has 0 saturated carbocycles. The summed E-state index contributed by atoms with van der Waals surface area (Å²) in [6.07, 6.45) is 3.05. The molecule has 0 aliphatic carbocycles. The van der Waals surface area contributed by atoms with E-state index < -0.39 is 11.9 Å². The fraction of sp³-hybridized carbons (Fsp3) is 0.190. The number of rotatable bonds is 4. The van der Waals surface area contributed by atoms with Gasteiger partial charge in [0, 0.05) is 19.8 Å². The number of amides is 2. The van der Waals surface area contributed by atoms with Gasteiger partial charge < -0.3 is 19.5 Å². The van der Waals surface area contributed by atoms with E-state index in [9.17, 15) is 14.0 Å². The number of likely N-dealkylation sites (N-methyl/N-ethyl adjacent to an activating group) is 1. The van der Waals surface area contributed by atoms with Crippen molar-refractivity contribution in [3.63, 3.8) is 0 Å². The van der Waals surface area contributed by atoms with Crippen LogP contribution in [-0.2, 0) is 11.3 Å². The monoisotopic (exact) mass is 394 g/mol. The molecule has 1 aromatic heterocycles. The van der Waals surface area contributed by atoms with Crippen molar-refractivity contribution in [2.45, 2.75) is 12.6 Å². The topological polar surface area (TPSA) is 76.5 Å². The van der Waals surface area contributed by atoms with E-state index in [1.165, 1.54) is 23.4 Å². The van der Waals surface area contributed by atoms with Gasteiger partial charge in [-0.2, -0.15) is 0 Å². The number of ether oxygens (including phenoxy) is 1. The predicted molar refractivity (Wildman–Crippen MR) is 104 cm³/mol. The lowest BCUT2D eigenvalue weighted by Crippen LogP contribution is -2.49. The maximum absolute atomic E-state index is 13.3. The minimum absolute atomic E-state index is 0.0237. The summed E-state index contributed by atoms with van der Waals surface area (Å²) in [5, 5.41) is 2.69. The molecule has 8 heteroatoms. The second kappa shape index (κ2) is 7.75. The summed E-state index contributed by atoms with van der Waals surface area (Å²) in [6, 6.07) is 12.6. The first kappa shape index (κ1) is 18.7. The van der Waals surface area contributed by atoms with Gasteiger partial charge in [-0.15, -0.1) is 0 Å². The van der Waals surface area contributed by atoms with E-state index in [2.05, 4.69) is 10.3 Å². The number of fused-ring (bicyclic) bond motifs is 1. The molecular formula is C21H19FN4O3. The predicted octanol–water partition coefficient (Wildman–Crippen LogP) is 2.22. The SMILES string of the molecule is CN1C(=O)C(NC(=O)c2cn(Cc3cccc(F)c3)cn2)COc2ccccc21. The molecule has 4 rings (SSSR count). The molecule has 29 heavy (non-hydrogen) atoms. The van der Waals surface area contributed by atoms with Crippen molar-refractivity contribution < 1.29 is 18.7 Å². The van der Waals surface area contributed by atoms with Gasteiger partial charge in [0.1, 0.15) is 29.9 Å². The lowest BCUT2D eigenvalue weighted by molar-refractivity contribution is -0.120. The van der Waals surface area contributed by atoms with Gasteiger partial charge in [0.05, 0.1) is 12.0 Å². The van der Waals surface area contributed by atoms with E-state index in [1.54, 1.807) is 42.1 Å². The van der Waals surface area contributed by atoms with Crippen LogP contribution in [0.1, 0.15) is 16.1 Å². The molecule has 1 N–H and O–H groups in total. The van der Waals surface area contributed by atoms with Crippen LogP contribution in [0.15, 0.2) is 61.1 Å². The molecule has 0 radical (unpaired) electrons. The summed E-state index contributed by atoms with van der Waals surface area (Å²) in [5.74, 6) is -0.496. The Bertz CT molecular complexity index is 1070. The molecule has 1 aliphatic heterocycles. The smallest absolute Gasteiger partial charge is 0.272 e. The molecule has 2 aromatic carbocycles. The first-order valence-electron chi connectivity index (χ1n) is 9.08. The van der Waals surface area contributed by atoms with Crippen molar-refractivity contribution in [2.75, 3.05) is 18.6 Å². The van der Waals surface area contributed by atoms with Crippen LogP contribution in [0.3, 0.4) is 0 Å². The van der Waals surface area contributed by atoms with E-state index >= 15 is 0 Å². The third-order valence-electron chi connectivity index (χ3n) is 4.69. The number of para-hydroxylation sites is 2. The fourth-order valence-corrected chi connectivity index (χ4v) is 3.20. The summed E-state index contributed by atoms with van der Waals surface area (Å²) in [7, 11) is 1.64. The van der Waals surface area contributed by atoms with Crippen molar-refractivity contribution in [2.24, 2.45) is 0 Å². The van der Waals surface area contributed by atoms with Crippen LogP contribution in [0, 0.1) is 5.82 Å². The molecule has 148 valence electrons. The van der Waals surface area contributed by atoms with Crippen molar-refractivity contribution in [1.29, 1.82) is 0 Å². The standard InChI is InChI=1S/C21H19FN4O3/c1-25-18-7-2-3-8-19(18)29-12-17(21(25)28)24-20(27)16-11-26(13-23-16)10-14-5-4-6-15(22)9-14/h2-9,11,13,17H,10,12H2,1H3,(H,24,27). The van der Waals surface area contributed by atoms with E-state index in [-0.39, 0.29) is 24.0 Å². The molecule has 1 unspecified atom stereocenters. The minimum atomic E-state index is -0.840. The maximum Gasteiger partial charge on any atom is 0.272 e. The summed E-state index contributed by atoms with van der Waals surface area (Å²) >= 11 is 0. The minimum Gasteiger partial charge on any atom is -0.489 e. The van der Waals surface area contributed by atoms with Crippen molar-refractivity contribution in [3.8, 4) is 5.75 Å². The van der Waals surface area contributed by atoms with Crippen LogP contribution in [0.4, 0.5) is 10.1 Å². The number of nitrogens with zero attached hydrogens (tertiary/aromatic N) is 3. The lowest BCUT2D eigenvalue weighted by atomic mass is 10.2. The van der Waals surface area contributed by atoms with Gasteiger partial charge in [0.25, 0.3) is 11.8 Å². The van der Waals surface area contributed by atoms with E-state index in [4.69, 9.17) is 4.74 Å². The number of hydrogen-bond donors (Lipinski definition) is 1. The summed E-state index contributed by atoms with van der Waals surface area (Å²) in [6.45, 7) is 0.400. The highest BCUT2D eigenvalue weighted by atomic mass is 19.1. The summed E-state index contributed by atoms with van der Waals surface area (Å²) < 4.78 is 20.7. The lowest BCUT2D eigenvalue weighted by Gasteiger charge is -2.20. The molecule has 0 bridgehead atoms. The van der Waals surface area contributed by atoms with E-state index in [0.29, 0.717) is 18.0 Å². The van der Waals surface area contributed by atoms with E-state index in [1.807, 2.05) is 12.1 Å². The second-order valence-electron chi connectivity index (χ2n) is 6.76. The largest absolute Gasteiger partial charge is 0.489 e. The van der Waals surface area contributed by atoms with Gasteiger partial charge in [-0.3, -0.25) is 9.59 Å². The van der Waals surface area contributed by atoms with Gasteiger partial charge in [-0.05, 0) is 29.8 Å². The third-order valence-corrected chi connectivity index (χ3v) is 4.69. The fourth-order valence-electron chi connectivity index (χ4n) is 3.20. The zero-order chi connectivity index (χ0) is 20.4. The number of nitrogens with one attached hydrogen (secondary N) is 1. The van der Waals surface area contributed by atoms with Crippen molar-refractivity contribution >= 4 is 17.5 Å². The third kappa shape index (κ3) is 3.96. The second-order valence-corrected chi connectivity index (χ2v) is 6.76. The molecule has 2 heterocycles. The van der Waals surface area contributed by atoms with Gasteiger partial charge in [-0.25, -0.2) is 9.37 Å². The zero-order valence-electron chi connectivity index (χ0n) is 15.7. The average Bonchev–Trinajstić information content (AvgIpc) is 3.14. The van der Waals surface area contributed by atoms with Crippen molar-refractivity contribution in [3.05, 3.63) is 78.1 Å². The number of benzene rings is 2. The Morgan fingerprint density at radius 3 is 2.93 bits per heavy atom. The maximum atomic E-state index is 13.3. The number of aromatic nitrogens is 2. The number of carbonyl (C=O) groups is 2. The molecule has 2 amide bonds. The molecule has 0 fully saturated rings. The van der Waals surface area contributed by atoms with Gasteiger partial charge in [0.2, 0.25) is 0 Å². The Morgan fingerprint density at radius 2 is 2.10 bits per heavy atom. The highest BCUT2D eigenvalue weighted by molar-refractivity contribution is 6.02. The molecule has 0 saturated heterocycles. The quantitative estimate of drug-likeness (QED) is 0.736. The van der Waals surface area contributed by atoms with Crippen LogP contribution >= 0.6 is 0 Å². The molecule has 0 spiro atoms. The molecular weight excluding hydrogens is 375 g/mol. The van der Waals surface area contributed by atoms with Crippen LogP contribution in [0.2, 0.25) is 0 Å². The first-order valence-corrected chi connectivity index (χ1v) is 9.08. The molecule has 1 atom stereocenters. The summed E-state index contributed by atoms with van der Waals surface area (Å²) in [5.41, 5.74) is 1.56.